The zero-order chi connectivity index (χ0) is 12.6. The predicted octanol–water partition coefficient (Wildman–Crippen LogP) is 3.22. The second kappa shape index (κ2) is 4.63. The highest BCUT2D eigenvalue weighted by atomic mass is 79.9. The maximum absolute atomic E-state index is 5.74. The van der Waals surface area contributed by atoms with E-state index in [2.05, 4.69) is 58.8 Å². The van der Waals surface area contributed by atoms with Gasteiger partial charge in [0.1, 0.15) is 0 Å². The van der Waals surface area contributed by atoms with Crippen molar-refractivity contribution >= 4 is 15.9 Å². The fraction of sp³-hybridized carbons (Fsp3) is 0.308. The van der Waals surface area contributed by atoms with Gasteiger partial charge in [0, 0.05) is 12.1 Å². The minimum atomic E-state index is 0.459. The molecule has 17 heavy (non-hydrogen) atoms. The Morgan fingerprint density at radius 1 is 1.24 bits per heavy atom. The van der Waals surface area contributed by atoms with Gasteiger partial charge in [0.25, 0.3) is 0 Å². The normalized spacial score (nSPS) is 10.9. The first-order chi connectivity index (χ1) is 8.02. The third-order valence-electron chi connectivity index (χ3n) is 2.87. The van der Waals surface area contributed by atoms with Crippen LogP contribution in [0.2, 0.25) is 0 Å². The molecular formula is C13H16BrN3. The highest BCUT2D eigenvalue weighted by Crippen LogP contribution is 2.30. The van der Waals surface area contributed by atoms with Crippen LogP contribution in [-0.2, 0) is 6.54 Å². The van der Waals surface area contributed by atoms with E-state index in [1.165, 1.54) is 22.3 Å². The minimum Gasteiger partial charge on any atom is -0.335 e. The first kappa shape index (κ1) is 12.3. The maximum atomic E-state index is 5.74. The van der Waals surface area contributed by atoms with Gasteiger partial charge >= 0.3 is 0 Å². The third kappa shape index (κ3) is 2.28. The van der Waals surface area contributed by atoms with Gasteiger partial charge in [0.05, 0.1) is 11.4 Å². The van der Waals surface area contributed by atoms with Crippen LogP contribution in [0, 0.1) is 20.8 Å². The van der Waals surface area contributed by atoms with Crippen molar-refractivity contribution < 1.29 is 0 Å². The average molecular weight is 294 g/mol. The highest BCUT2D eigenvalue weighted by molar-refractivity contribution is 9.10. The molecule has 1 aromatic carbocycles. The molecule has 0 radical (unpaired) electrons. The fourth-order valence-corrected chi connectivity index (χ4v) is 2.70. The van der Waals surface area contributed by atoms with E-state index in [-0.39, 0.29) is 0 Å². The zero-order valence-electron chi connectivity index (χ0n) is 10.3. The Bertz CT molecular complexity index is 535. The quantitative estimate of drug-likeness (QED) is 0.893. The van der Waals surface area contributed by atoms with E-state index < -0.39 is 0 Å². The number of benzene rings is 1. The monoisotopic (exact) mass is 293 g/mol. The van der Waals surface area contributed by atoms with E-state index in [4.69, 9.17) is 5.73 Å². The number of imidazole rings is 1. The molecule has 3 N–H and O–H groups in total. The molecule has 3 nitrogen and oxygen atoms in total. The van der Waals surface area contributed by atoms with Crippen LogP contribution in [-0.4, -0.2) is 9.97 Å². The lowest BCUT2D eigenvalue weighted by Crippen LogP contribution is -2.00. The average Bonchev–Trinajstić information content (AvgIpc) is 2.58. The number of nitrogens with two attached hydrogens (primary N) is 1. The van der Waals surface area contributed by atoms with E-state index in [0.29, 0.717) is 6.54 Å². The molecule has 0 aliphatic rings. The molecular weight excluding hydrogens is 278 g/mol. The Labute approximate surface area is 110 Å². The number of nitrogens with one attached hydrogen (secondary N) is 1. The largest absolute Gasteiger partial charge is 0.335 e. The molecule has 0 fully saturated rings. The van der Waals surface area contributed by atoms with E-state index in [1.807, 2.05) is 0 Å². The molecule has 1 aromatic heterocycles. The van der Waals surface area contributed by atoms with Crippen molar-refractivity contribution in [3.05, 3.63) is 39.3 Å². The Morgan fingerprint density at radius 2 is 1.82 bits per heavy atom. The Hall–Kier alpha value is -1.13. The Balaban J connectivity index is 2.67. The van der Waals surface area contributed by atoms with E-state index in [9.17, 15) is 0 Å². The van der Waals surface area contributed by atoms with Gasteiger partial charge in [-0.25, -0.2) is 4.98 Å². The number of aromatic amines is 1. The van der Waals surface area contributed by atoms with Crippen molar-refractivity contribution in [2.24, 2.45) is 5.73 Å². The summed E-state index contributed by atoms with van der Waals surface area (Å²) in [6, 6.07) is 4.34. The lowest BCUT2D eigenvalue weighted by molar-refractivity contribution is 1.01. The van der Waals surface area contributed by atoms with Gasteiger partial charge in [-0.2, -0.15) is 0 Å². The van der Waals surface area contributed by atoms with Crippen LogP contribution >= 0.6 is 15.9 Å². The van der Waals surface area contributed by atoms with Crippen molar-refractivity contribution in [1.82, 2.24) is 9.97 Å². The summed E-state index contributed by atoms with van der Waals surface area (Å²) in [6.07, 6.45) is 0. The summed E-state index contributed by atoms with van der Waals surface area (Å²) in [4.78, 5) is 7.63. The van der Waals surface area contributed by atoms with Crippen LogP contribution < -0.4 is 5.73 Å². The SMILES string of the molecule is Cc1cc(C)c(-c2nc(Br)[nH]c2CN)c(C)c1. The van der Waals surface area contributed by atoms with Gasteiger partial charge in [0.15, 0.2) is 4.73 Å². The smallest absolute Gasteiger partial charge is 0.175 e. The highest BCUT2D eigenvalue weighted by Gasteiger charge is 2.14. The topological polar surface area (TPSA) is 54.7 Å². The van der Waals surface area contributed by atoms with Crippen molar-refractivity contribution in [1.29, 1.82) is 0 Å². The second-order valence-electron chi connectivity index (χ2n) is 4.33. The first-order valence-electron chi connectivity index (χ1n) is 5.55. The molecule has 0 amide bonds. The second-order valence-corrected chi connectivity index (χ2v) is 5.08. The lowest BCUT2D eigenvalue weighted by atomic mass is 9.96. The number of rotatable bonds is 2. The van der Waals surface area contributed by atoms with Crippen molar-refractivity contribution in [2.45, 2.75) is 27.3 Å². The zero-order valence-corrected chi connectivity index (χ0v) is 11.9. The van der Waals surface area contributed by atoms with Crippen LogP contribution in [0.1, 0.15) is 22.4 Å². The summed E-state index contributed by atoms with van der Waals surface area (Å²) in [5, 5.41) is 0. The number of aryl methyl sites for hydroxylation is 3. The van der Waals surface area contributed by atoms with E-state index in [0.717, 1.165) is 16.1 Å². The molecule has 90 valence electrons. The number of nitrogens with zero attached hydrogens (tertiary/aromatic N) is 1. The third-order valence-corrected chi connectivity index (χ3v) is 3.24. The van der Waals surface area contributed by atoms with Crippen LogP contribution in [0.25, 0.3) is 11.3 Å². The molecule has 0 aliphatic heterocycles. The molecule has 0 saturated heterocycles. The summed E-state index contributed by atoms with van der Waals surface area (Å²) < 4.78 is 0.729. The van der Waals surface area contributed by atoms with E-state index in [1.54, 1.807) is 0 Å². The minimum absolute atomic E-state index is 0.459. The summed E-state index contributed by atoms with van der Waals surface area (Å²) in [5.74, 6) is 0. The summed E-state index contributed by atoms with van der Waals surface area (Å²) in [7, 11) is 0. The first-order valence-corrected chi connectivity index (χ1v) is 6.35. The Kier molecular flexibility index (Phi) is 3.35. The molecule has 0 bridgehead atoms. The van der Waals surface area contributed by atoms with Gasteiger partial charge in [-0.3, -0.25) is 0 Å². The van der Waals surface area contributed by atoms with Gasteiger partial charge in [-0.1, -0.05) is 17.7 Å². The maximum Gasteiger partial charge on any atom is 0.175 e. The van der Waals surface area contributed by atoms with E-state index >= 15 is 0 Å². The Morgan fingerprint density at radius 3 is 2.35 bits per heavy atom. The molecule has 0 spiro atoms. The molecule has 0 unspecified atom stereocenters. The molecule has 1 heterocycles. The molecule has 2 aromatic rings. The summed E-state index contributed by atoms with van der Waals surface area (Å²) >= 11 is 3.36. The predicted molar refractivity (Wildman–Crippen MR) is 73.8 cm³/mol. The molecule has 0 aliphatic carbocycles. The standard InChI is InChI=1S/C13H16BrN3/c1-7-4-8(2)11(9(3)5-7)12-10(6-15)16-13(14)17-12/h4-5H,6,15H2,1-3H3,(H,16,17). The molecule has 0 atom stereocenters. The van der Waals surface area contributed by atoms with Crippen LogP contribution in [0.5, 0.6) is 0 Å². The van der Waals surface area contributed by atoms with Crippen molar-refractivity contribution in [3.8, 4) is 11.3 Å². The lowest BCUT2D eigenvalue weighted by Gasteiger charge is -2.10. The van der Waals surface area contributed by atoms with Crippen LogP contribution in [0.3, 0.4) is 0 Å². The molecule has 4 heteroatoms. The molecule has 2 rings (SSSR count). The number of H-pyrrole nitrogens is 1. The number of hydrogen-bond donors (Lipinski definition) is 2. The van der Waals surface area contributed by atoms with Crippen molar-refractivity contribution in [3.63, 3.8) is 0 Å². The van der Waals surface area contributed by atoms with Gasteiger partial charge < -0.3 is 10.7 Å². The fourth-order valence-electron chi connectivity index (χ4n) is 2.29. The summed E-state index contributed by atoms with van der Waals surface area (Å²) in [5.41, 5.74) is 12.6. The van der Waals surface area contributed by atoms with Crippen molar-refractivity contribution in [2.75, 3.05) is 0 Å². The van der Waals surface area contributed by atoms with Crippen LogP contribution in [0.15, 0.2) is 16.9 Å². The van der Waals surface area contributed by atoms with Crippen LogP contribution in [0.4, 0.5) is 0 Å². The number of halogens is 1. The van der Waals surface area contributed by atoms with Gasteiger partial charge in [-0.15, -0.1) is 0 Å². The molecule has 0 saturated carbocycles. The summed E-state index contributed by atoms with van der Waals surface area (Å²) in [6.45, 7) is 6.78. The van der Waals surface area contributed by atoms with Gasteiger partial charge in [-0.05, 0) is 47.8 Å². The number of hydrogen-bond acceptors (Lipinski definition) is 2. The number of aromatic nitrogens is 2. The van der Waals surface area contributed by atoms with Gasteiger partial charge in [0.2, 0.25) is 0 Å².